The molecule has 0 aliphatic carbocycles. The van der Waals surface area contributed by atoms with Crippen LogP contribution in [-0.2, 0) is 21.3 Å². The molecule has 0 saturated carbocycles. The van der Waals surface area contributed by atoms with Crippen molar-refractivity contribution in [1.29, 1.82) is 0 Å². The van der Waals surface area contributed by atoms with Crippen LogP contribution in [0.15, 0.2) is 29.2 Å². The molecular formula is C14H22N2O3S. The Bertz CT molecular complexity index is 543. The second kappa shape index (κ2) is 6.67. The van der Waals surface area contributed by atoms with E-state index in [1.54, 1.807) is 29.6 Å². The lowest BCUT2D eigenvalue weighted by molar-refractivity contribution is 0.118. The molecular weight excluding hydrogens is 276 g/mol. The van der Waals surface area contributed by atoms with Crippen LogP contribution in [0.1, 0.15) is 18.4 Å². The number of nitrogens with two attached hydrogens (primary N) is 1. The highest BCUT2D eigenvalue weighted by Gasteiger charge is 2.30. The highest BCUT2D eigenvalue weighted by molar-refractivity contribution is 7.89. The van der Waals surface area contributed by atoms with Crippen LogP contribution in [0.3, 0.4) is 0 Å². The Kier molecular flexibility index (Phi) is 5.15. The van der Waals surface area contributed by atoms with Gasteiger partial charge in [0.05, 0.1) is 11.5 Å². The van der Waals surface area contributed by atoms with E-state index in [4.69, 9.17) is 10.5 Å². The molecule has 5 nitrogen and oxygen atoms in total. The quantitative estimate of drug-likeness (QED) is 0.886. The van der Waals surface area contributed by atoms with E-state index in [9.17, 15) is 8.42 Å². The molecule has 1 atom stereocenters. The highest BCUT2D eigenvalue weighted by Crippen LogP contribution is 2.24. The van der Waals surface area contributed by atoms with Crippen molar-refractivity contribution in [1.82, 2.24) is 4.31 Å². The zero-order valence-corrected chi connectivity index (χ0v) is 12.6. The van der Waals surface area contributed by atoms with Crippen molar-refractivity contribution in [3.8, 4) is 0 Å². The van der Waals surface area contributed by atoms with Gasteiger partial charge in [-0.25, -0.2) is 8.42 Å². The lowest BCUT2D eigenvalue weighted by atomic mass is 10.0. The molecule has 0 spiro atoms. The molecule has 1 aromatic rings. The number of nitrogens with zero attached hydrogens (tertiary/aromatic N) is 1. The minimum atomic E-state index is -3.42. The number of hydrogen-bond donors (Lipinski definition) is 1. The molecule has 1 fully saturated rings. The van der Waals surface area contributed by atoms with E-state index < -0.39 is 10.0 Å². The van der Waals surface area contributed by atoms with Crippen molar-refractivity contribution < 1.29 is 13.2 Å². The van der Waals surface area contributed by atoms with E-state index in [0.717, 1.165) is 18.4 Å². The monoisotopic (exact) mass is 298 g/mol. The molecule has 0 aromatic heterocycles. The summed E-state index contributed by atoms with van der Waals surface area (Å²) >= 11 is 0. The van der Waals surface area contributed by atoms with Crippen molar-refractivity contribution in [3.63, 3.8) is 0 Å². The van der Waals surface area contributed by atoms with Gasteiger partial charge in [0, 0.05) is 26.7 Å². The molecule has 20 heavy (non-hydrogen) atoms. The molecule has 2 N–H and O–H groups in total. The minimum absolute atomic E-state index is 0.279. The first-order chi connectivity index (χ1) is 9.57. The van der Waals surface area contributed by atoms with Gasteiger partial charge in [-0.3, -0.25) is 0 Å². The molecule has 0 amide bonds. The number of piperidine rings is 1. The molecule has 2 rings (SSSR count). The molecule has 1 aromatic carbocycles. The SMILES string of the molecule is COCC1CCCN(S(=O)(=O)c2cccc(CN)c2)C1. The Labute approximate surface area is 120 Å². The summed E-state index contributed by atoms with van der Waals surface area (Å²) in [7, 11) is -1.77. The van der Waals surface area contributed by atoms with Crippen molar-refractivity contribution in [2.45, 2.75) is 24.3 Å². The van der Waals surface area contributed by atoms with Gasteiger partial charge in [0.1, 0.15) is 0 Å². The van der Waals surface area contributed by atoms with Crippen molar-refractivity contribution >= 4 is 10.0 Å². The summed E-state index contributed by atoms with van der Waals surface area (Å²) in [6, 6.07) is 6.87. The molecule has 1 aliphatic heterocycles. The zero-order valence-electron chi connectivity index (χ0n) is 11.8. The van der Waals surface area contributed by atoms with Crippen LogP contribution in [0, 0.1) is 5.92 Å². The smallest absolute Gasteiger partial charge is 0.243 e. The van der Waals surface area contributed by atoms with Crippen LogP contribution < -0.4 is 5.73 Å². The molecule has 1 unspecified atom stereocenters. The lowest BCUT2D eigenvalue weighted by Gasteiger charge is -2.31. The number of benzene rings is 1. The van der Waals surface area contributed by atoms with Gasteiger partial charge in [-0.2, -0.15) is 4.31 Å². The van der Waals surface area contributed by atoms with Gasteiger partial charge in [-0.1, -0.05) is 12.1 Å². The van der Waals surface area contributed by atoms with E-state index in [0.29, 0.717) is 31.1 Å². The predicted octanol–water partition coefficient (Wildman–Crippen LogP) is 1.19. The van der Waals surface area contributed by atoms with E-state index in [-0.39, 0.29) is 5.92 Å². The number of sulfonamides is 1. The summed E-state index contributed by atoms with van der Waals surface area (Å²) in [4.78, 5) is 0.332. The van der Waals surface area contributed by atoms with Gasteiger partial charge < -0.3 is 10.5 Å². The standard InChI is InChI=1S/C14H22N2O3S/c1-19-11-13-5-3-7-16(10-13)20(17,18)14-6-2-4-12(8-14)9-15/h2,4,6,8,13H,3,5,7,9-11,15H2,1H3. The van der Waals surface area contributed by atoms with Gasteiger partial charge in [0.2, 0.25) is 10.0 Å². The Balaban J connectivity index is 2.20. The summed E-state index contributed by atoms with van der Waals surface area (Å²) < 4.78 is 32.0. The van der Waals surface area contributed by atoms with Crippen LogP contribution in [-0.4, -0.2) is 39.5 Å². The van der Waals surface area contributed by atoms with Crippen LogP contribution in [0.2, 0.25) is 0 Å². The molecule has 1 saturated heterocycles. The normalized spacial score (nSPS) is 21.0. The Morgan fingerprint density at radius 1 is 1.45 bits per heavy atom. The van der Waals surface area contributed by atoms with Crippen molar-refractivity contribution in [2.24, 2.45) is 11.7 Å². The van der Waals surface area contributed by atoms with Crippen LogP contribution >= 0.6 is 0 Å². The lowest BCUT2D eigenvalue weighted by Crippen LogP contribution is -2.41. The first-order valence-corrected chi connectivity index (χ1v) is 8.30. The van der Waals surface area contributed by atoms with E-state index in [2.05, 4.69) is 0 Å². The van der Waals surface area contributed by atoms with Gasteiger partial charge in [0.15, 0.2) is 0 Å². The maximum atomic E-state index is 12.6. The third kappa shape index (κ3) is 3.38. The molecule has 1 heterocycles. The average Bonchev–Trinajstić information content (AvgIpc) is 2.48. The second-order valence-corrected chi connectivity index (χ2v) is 7.12. The van der Waals surface area contributed by atoms with Crippen LogP contribution in [0.4, 0.5) is 0 Å². The average molecular weight is 298 g/mol. The molecule has 0 bridgehead atoms. The van der Waals surface area contributed by atoms with Crippen LogP contribution in [0.25, 0.3) is 0 Å². The van der Waals surface area contributed by atoms with E-state index in [1.165, 1.54) is 0 Å². The summed E-state index contributed by atoms with van der Waals surface area (Å²) in [5, 5.41) is 0. The minimum Gasteiger partial charge on any atom is -0.384 e. The molecule has 6 heteroatoms. The number of hydrogen-bond acceptors (Lipinski definition) is 4. The molecule has 0 radical (unpaired) electrons. The highest BCUT2D eigenvalue weighted by atomic mass is 32.2. The van der Waals surface area contributed by atoms with E-state index >= 15 is 0 Å². The maximum absolute atomic E-state index is 12.6. The third-order valence-corrected chi connectivity index (χ3v) is 5.52. The fourth-order valence-electron chi connectivity index (χ4n) is 2.60. The summed E-state index contributed by atoms with van der Waals surface area (Å²) in [5.41, 5.74) is 6.41. The van der Waals surface area contributed by atoms with Gasteiger partial charge >= 0.3 is 0 Å². The molecule has 112 valence electrons. The summed E-state index contributed by atoms with van der Waals surface area (Å²) in [6.45, 7) is 2.06. The topological polar surface area (TPSA) is 72.6 Å². The zero-order chi connectivity index (χ0) is 14.6. The predicted molar refractivity (Wildman–Crippen MR) is 77.7 cm³/mol. The number of methoxy groups -OCH3 is 1. The first-order valence-electron chi connectivity index (χ1n) is 6.86. The van der Waals surface area contributed by atoms with E-state index in [1.807, 2.05) is 6.07 Å². The summed E-state index contributed by atoms with van der Waals surface area (Å²) in [6.07, 6.45) is 1.90. The van der Waals surface area contributed by atoms with Gasteiger partial charge in [0.25, 0.3) is 0 Å². The fourth-order valence-corrected chi connectivity index (χ4v) is 4.22. The second-order valence-electron chi connectivity index (χ2n) is 5.18. The molecule has 1 aliphatic rings. The summed E-state index contributed by atoms with van der Waals surface area (Å²) in [5.74, 6) is 0.279. The Morgan fingerprint density at radius 2 is 2.25 bits per heavy atom. The van der Waals surface area contributed by atoms with Crippen LogP contribution in [0.5, 0.6) is 0 Å². The maximum Gasteiger partial charge on any atom is 0.243 e. The Morgan fingerprint density at radius 3 is 2.95 bits per heavy atom. The largest absolute Gasteiger partial charge is 0.384 e. The number of ether oxygens (including phenoxy) is 1. The van der Waals surface area contributed by atoms with Gasteiger partial charge in [-0.05, 0) is 36.5 Å². The number of rotatable bonds is 5. The Hall–Kier alpha value is -0.950. The third-order valence-electron chi connectivity index (χ3n) is 3.66. The first kappa shape index (κ1) is 15.4. The van der Waals surface area contributed by atoms with Crippen molar-refractivity contribution in [3.05, 3.63) is 29.8 Å². The van der Waals surface area contributed by atoms with Gasteiger partial charge in [-0.15, -0.1) is 0 Å². The van der Waals surface area contributed by atoms with Crippen molar-refractivity contribution in [2.75, 3.05) is 26.8 Å². The fraction of sp³-hybridized carbons (Fsp3) is 0.571.